The highest BCUT2D eigenvalue weighted by Crippen LogP contribution is 2.45. The van der Waals surface area contributed by atoms with Crippen molar-refractivity contribution in [1.29, 1.82) is 0 Å². The summed E-state index contributed by atoms with van der Waals surface area (Å²) in [6.07, 6.45) is 0. The van der Waals surface area contributed by atoms with E-state index in [-0.39, 0.29) is 10.8 Å². The maximum Gasteiger partial charge on any atom is 0.0618 e. The molecule has 0 amide bonds. The van der Waals surface area contributed by atoms with Crippen LogP contribution in [0.2, 0.25) is 0 Å². The minimum atomic E-state index is -0.00937. The van der Waals surface area contributed by atoms with Gasteiger partial charge < -0.3 is 9.47 Å². The minimum Gasteiger partial charge on any atom is -0.309 e. The summed E-state index contributed by atoms with van der Waals surface area (Å²) < 4.78 is 4.45. The fraction of sp³-hybridized carbons (Fsp3) is 0.211. The third kappa shape index (κ3) is 5.20. The van der Waals surface area contributed by atoms with E-state index in [1.807, 2.05) is 0 Å². The number of rotatable bonds is 4. The van der Waals surface area contributed by atoms with Crippen molar-refractivity contribution >= 4 is 70.7 Å². The van der Waals surface area contributed by atoms with Gasteiger partial charge in [0, 0.05) is 32.3 Å². The van der Waals surface area contributed by atoms with Crippen LogP contribution in [0.3, 0.4) is 0 Å². The topological polar surface area (TPSA) is 8.17 Å². The molecule has 0 aliphatic heterocycles. The molecule has 2 nitrogen and oxygen atoms in total. The number of fused-ring (bicyclic) bond motifs is 3. The molecule has 5 aromatic carbocycles. The summed E-state index contributed by atoms with van der Waals surface area (Å²) in [6, 6.07) is 39.8. The number of para-hydroxylation sites is 2. The molecule has 1 aromatic heterocycles. The summed E-state index contributed by atoms with van der Waals surface area (Å²) in [5.41, 5.74) is 9.49. The van der Waals surface area contributed by atoms with Gasteiger partial charge in [0.15, 0.2) is 0 Å². The summed E-state index contributed by atoms with van der Waals surface area (Å²) in [5, 5.41) is 2.52. The average molecular weight is 681 g/mol. The monoisotopic (exact) mass is 678 g/mol. The Labute approximate surface area is 266 Å². The second-order valence-corrected chi connectivity index (χ2v) is 14.7. The number of aromatic nitrogens is 1. The molecule has 0 atom stereocenters. The Bertz CT molecular complexity index is 1870. The smallest absolute Gasteiger partial charge is 0.0618 e. The van der Waals surface area contributed by atoms with Crippen LogP contribution < -0.4 is 4.90 Å². The van der Waals surface area contributed by atoms with E-state index in [0.29, 0.717) is 0 Å². The molecule has 42 heavy (non-hydrogen) atoms. The minimum absolute atomic E-state index is 0.00937. The van der Waals surface area contributed by atoms with Gasteiger partial charge in [-0.05, 0) is 108 Å². The van der Waals surface area contributed by atoms with Crippen LogP contribution in [0, 0.1) is 0 Å². The van der Waals surface area contributed by atoms with E-state index < -0.39 is 0 Å². The first-order valence-corrected chi connectivity index (χ1v) is 16.0. The lowest BCUT2D eigenvalue weighted by Crippen LogP contribution is -2.16. The van der Waals surface area contributed by atoms with Crippen molar-refractivity contribution in [2.24, 2.45) is 0 Å². The second kappa shape index (κ2) is 10.7. The second-order valence-electron chi connectivity index (χ2n) is 13.1. The van der Waals surface area contributed by atoms with Crippen molar-refractivity contribution in [2.75, 3.05) is 4.90 Å². The third-order valence-electron chi connectivity index (χ3n) is 8.03. The van der Waals surface area contributed by atoms with Crippen LogP contribution in [0.5, 0.6) is 0 Å². The number of hydrogen-bond acceptors (Lipinski definition) is 1. The normalized spacial score (nSPS) is 12.3. The highest BCUT2D eigenvalue weighted by atomic mass is 79.9. The largest absolute Gasteiger partial charge is 0.309 e. The lowest BCUT2D eigenvalue weighted by Gasteiger charge is -2.30. The third-order valence-corrected chi connectivity index (χ3v) is 10.0. The van der Waals surface area contributed by atoms with Crippen LogP contribution in [0.4, 0.5) is 17.1 Å². The van der Waals surface area contributed by atoms with Gasteiger partial charge in [-0.25, -0.2) is 0 Å². The molecular weight excluding hydrogens is 644 g/mol. The molecule has 4 heteroatoms. The molecule has 0 radical (unpaired) electrons. The zero-order chi connectivity index (χ0) is 29.8. The molecule has 0 N–H and O–H groups in total. The number of hydrogen-bond donors (Lipinski definition) is 0. The first-order valence-electron chi connectivity index (χ1n) is 14.4. The van der Waals surface area contributed by atoms with Crippen molar-refractivity contribution in [1.82, 2.24) is 4.57 Å². The van der Waals surface area contributed by atoms with Gasteiger partial charge in [0.1, 0.15) is 0 Å². The van der Waals surface area contributed by atoms with E-state index in [1.54, 1.807) is 0 Å². The van der Waals surface area contributed by atoms with Crippen LogP contribution in [0.25, 0.3) is 27.5 Å². The molecule has 0 saturated heterocycles. The first-order chi connectivity index (χ1) is 19.9. The maximum atomic E-state index is 3.95. The Hall–Kier alpha value is -3.34. The van der Waals surface area contributed by atoms with Crippen LogP contribution >= 0.6 is 31.9 Å². The molecule has 0 fully saturated rings. The van der Waals surface area contributed by atoms with Crippen molar-refractivity contribution in [3.63, 3.8) is 0 Å². The van der Waals surface area contributed by atoms with Crippen LogP contribution in [-0.2, 0) is 10.8 Å². The molecule has 1 heterocycles. The Morgan fingerprint density at radius 2 is 1.12 bits per heavy atom. The van der Waals surface area contributed by atoms with Gasteiger partial charge in [-0.1, -0.05) is 96.1 Å². The fourth-order valence-corrected chi connectivity index (χ4v) is 6.54. The van der Waals surface area contributed by atoms with Gasteiger partial charge in [0.2, 0.25) is 0 Å². The molecule has 212 valence electrons. The maximum absolute atomic E-state index is 3.95. The van der Waals surface area contributed by atoms with Crippen molar-refractivity contribution in [3.05, 3.63) is 129 Å². The van der Waals surface area contributed by atoms with E-state index in [2.05, 4.69) is 192 Å². The molecule has 0 aliphatic rings. The van der Waals surface area contributed by atoms with Gasteiger partial charge in [0.25, 0.3) is 0 Å². The van der Waals surface area contributed by atoms with E-state index in [0.717, 1.165) is 31.7 Å². The van der Waals surface area contributed by atoms with E-state index >= 15 is 0 Å². The highest BCUT2D eigenvalue weighted by Gasteiger charge is 2.24. The zero-order valence-electron chi connectivity index (χ0n) is 25.0. The highest BCUT2D eigenvalue weighted by molar-refractivity contribution is 9.13. The summed E-state index contributed by atoms with van der Waals surface area (Å²) in [6.45, 7) is 13.6. The summed E-state index contributed by atoms with van der Waals surface area (Å²) >= 11 is 7.81. The Kier molecular flexibility index (Phi) is 7.35. The van der Waals surface area contributed by atoms with Crippen molar-refractivity contribution < 1.29 is 0 Å². The van der Waals surface area contributed by atoms with Crippen molar-refractivity contribution in [2.45, 2.75) is 52.4 Å². The van der Waals surface area contributed by atoms with Crippen LogP contribution in [0.15, 0.2) is 118 Å². The molecule has 0 aliphatic carbocycles. The van der Waals surface area contributed by atoms with E-state index in [4.69, 9.17) is 0 Å². The molecule has 6 aromatic rings. The SMILES string of the molecule is CC(C)(C)c1ccc(N(c2cccc(-n3c4ccccc4c4ccccc43)c2)c2cc(C(C)(C)C)cc(Br)c2Br)cc1. The lowest BCUT2D eigenvalue weighted by molar-refractivity contribution is 0.589. The average Bonchev–Trinajstić information content (AvgIpc) is 3.29. The van der Waals surface area contributed by atoms with Gasteiger partial charge in [-0.3, -0.25) is 0 Å². The summed E-state index contributed by atoms with van der Waals surface area (Å²) in [5.74, 6) is 0. The molecule has 0 unspecified atom stereocenters. The Balaban J connectivity index is 1.60. The van der Waals surface area contributed by atoms with Gasteiger partial charge in [0.05, 0.1) is 21.2 Å². The molecule has 6 rings (SSSR count). The summed E-state index contributed by atoms with van der Waals surface area (Å²) in [7, 11) is 0. The number of nitrogens with zero attached hydrogens (tertiary/aromatic N) is 2. The Morgan fingerprint density at radius 3 is 1.69 bits per heavy atom. The molecule has 0 bridgehead atoms. The van der Waals surface area contributed by atoms with Gasteiger partial charge in [-0.2, -0.15) is 0 Å². The van der Waals surface area contributed by atoms with Crippen LogP contribution in [0.1, 0.15) is 52.7 Å². The quantitative estimate of drug-likeness (QED) is 0.180. The van der Waals surface area contributed by atoms with E-state index in [9.17, 15) is 0 Å². The number of halogens is 2. The van der Waals surface area contributed by atoms with E-state index in [1.165, 1.54) is 32.9 Å². The molecule has 0 spiro atoms. The van der Waals surface area contributed by atoms with Gasteiger partial charge >= 0.3 is 0 Å². The van der Waals surface area contributed by atoms with Gasteiger partial charge in [-0.15, -0.1) is 0 Å². The lowest BCUT2D eigenvalue weighted by atomic mass is 9.86. The predicted octanol–water partition coefficient (Wildman–Crippen LogP) is 12.4. The zero-order valence-corrected chi connectivity index (χ0v) is 28.2. The molecule has 0 saturated carbocycles. The van der Waals surface area contributed by atoms with Crippen molar-refractivity contribution in [3.8, 4) is 5.69 Å². The number of benzene rings is 5. The van der Waals surface area contributed by atoms with Crippen LogP contribution in [-0.4, -0.2) is 4.57 Å². The molecular formula is C38H36Br2N2. The summed E-state index contributed by atoms with van der Waals surface area (Å²) in [4.78, 5) is 2.37. The fourth-order valence-electron chi connectivity index (χ4n) is 5.68. The standard InChI is InChI=1S/C38H36Br2N2/c1-37(2,3)25-18-20-27(21-19-25)41(35-23-26(38(4,5)6)22-32(39)36(35)40)28-12-11-13-29(24-28)42-33-16-9-7-14-30(33)31-15-8-10-17-34(31)42/h7-24H,1-6H3. The predicted molar refractivity (Wildman–Crippen MR) is 188 cm³/mol. The number of anilines is 3. The first kappa shape index (κ1) is 28.8. The Morgan fingerprint density at radius 1 is 0.548 bits per heavy atom.